The molecule has 1 heterocycles. The maximum atomic E-state index is 14.0. The maximum Gasteiger partial charge on any atom is 0.328 e. The van der Waals surface area contributed by atoms with Gasteiger partial charge in [-0.25, -0.2) is 4.79 Å². The minimum absolute atomic E-state index is 0.0996. The maximum absolute atomic E-state index is 14.0. The summed E-state index contributed by atoms with van der Waals surface area (Å²) in [4.78, 5) is 28.3. The average Bonchev–Trinajstić information content (AvgIpc) is 3.57. The van der Waals surface area contributed by atoms with Gasteiger partial charge in [0.05, 0.1) is 25.7 Å². The van der Waals surface area contributed by atoms with Gasteiger partial charge in [0, 0.05) is 13.0 Å². The molecule has 0 aromatic heterocycles. The summed E-state index contributed by atoms with van der Waals surface area (Å²) in [6.45, 7) is 1.03. The first-order valence-electron chi connectivity index (χ1n) is 12.3. The van der Waals surface area contributed by atoms with Crippen LogP contribution < -0.4 is 0 Å². The van der Waals surface area contributed by atoms with Gasteiger partial charge < -0.3 is 14.4 Å². The molecule has 5 rings (SSSR count). The molecule has 2 aliphatic rings. The molecule has 5 nitrogen and oxygen atoms in total. The molecule has 2 fully saturated rings. The Labute approximate surface area is 206 Å². The molecule has 1 aliphatic heterocycles. The summed E-state index contributed by atoms with van der Waals surface area (Å²) in [6.07, 6.45) is 1.38. The zero-order valence-electron chi connectivity index (χ0n) is 20.0. The summed E-state index contributed by atoms with van der Waals surface area (Å²) in [7, 11) is 1.37. The molecule has 35 heavy (non-hydrogen) atoms. The topological polar surface area (TPSA) is 55.8 Å². The predicted octanol–water partition coefficient (Wildman–Crippen LogP) is 4.78. The highest BCUT2D eigenvalue weighted by atomic mass is 16.5. The van der Waals surface area contributed by atoms with Crippen molar-refractivity contribution >= 4 is 11.9 Å². The van der Waals surface area contributed by atoms with Crippen molar-refractivity contribution in [3.05, 3.63) is 108 Å². The lowest BCUT2D eigenvalue weighted by molar-refractivity contribution is -0.151. The summed E-state index contributed by atoms with van der Waals surface area (Å²) in [5.41, 5.74) is 3.16. The van der Waals surface area contributed by atoms with Crippen LogP contribution in [0.25, 0.3) is 0 Å². The first-order valence-corrected chi connectivity index (χ1v) is 12.3. The number of carbonyl (C=O) groups excluding carboxylic acids is 2. The van der Waals surface area contributed by atoms with Gasteiger partial charge in [-0.2, -0.15) is 0 Å². The van der Waals surface area contributed by atoms with Crippen molar-refractivity contribution in [1.82, 2.24) is 4.90 Å². The Bertz CT molecular complexity index is 1100. The van der Waals surface area contributed by atoms with Gasteiger partial charge in [0.25, 0.3) is 0 Å². The van der Waals surface area contributed by atoms with Crippen molar-refractivity contribution in [2.75, 3.05) is 20.3 Å². The molecule has 4 atom stereocenters. The quantitative estimate of drug-likeness (QED) is 0.446. The number of hydrogen-bond acceptors (Lipinski definition) is 4. The fourth-order valence-electron chi connectivity index (χ4n) is 5.26. The van der Waals surface area contributed by atoms with Crippen molar-refractivity contribution in [1.29, 1.82) is 0 Å². The molecule has 3 aromatic carbocycles. The lowest BCUT2D eigenvalue weighted by Gasteiger charge is -2.28. The molecule has 180 valence electrons. The predicted molar refractivity (Wildman–Crippen MR) is 134 cm³/mol. The second kappa shape index (κ2) is 10.4. The molecule has 0 bridgehead atoms. The number of esters is 1. The highest BCUT2D eigenvalue weighted by molar-refractivity contribution is 5.91. The highest BCUT2D eigenvalue weighted by Crippen LogP contribution is 2.47. The van der Waals surface area contributed by atoms with E-state index in [1.807, 2.05) is 66.7 Å². The highest BCUT2D eigenvalue weighted by Gasteiger charge is 2.45. The molecule has 1 amide bonds. The normalized spacial score (nSPS) is 23.3. The van der Waals surface area contributed by atoms with Crippen LogP contribution >= 0.6 is 0 Å². The molecular formula is C30H31NO4. The molecule has 0 N–H and O–H groups in total. The molecular weight excluding hydrogens is 438 g/mol. The third-order valence-corrected chi connectivity index (χ3v) is 7.23. The standard InChI is InChI=1S/C30H31NO4/c1-34-30(33)27-18-25(35-20-24-17-26(24)21-11-5-2-6-12-21)19-31(27)29(32)28(22-13-7-3-8-14-22)23-15-9-4-10-16-23/h2-16,24-28H,17-20H2,1H3/t24-,25-,26?,27?/m0/s1. The molecule has 3 aromatic rings. The third-order valence-electron chi connectivity index (χ3n) is 7.23. The van der Waals surface area contributed by atoms with Crippen LogP contribution in [0, 0.1) is 5.92 Å². The van der Waals surface area contributed by atoms with Crippen LogP contribution in [0.4, 0.5) is 0 Å². The minimum Gasteiger partial charge on any atom is -0.467 e. The monoisotopic (exact) mass is 469 g/mol. The number of rotatable bonds is 8. The van der Waals surface area contributed by atoms with Crippen molar-refractivity contribution in [2.24, 2.45) is 5.92 Å². The Morgan fingerprint density at radius 3 is 2.00 bits per heavy atom. The molecule has 1 saturated carbocycles. The second-order valence-corrected chi connectivity index (χ2v) is 9.49. The van der Waals surface area contributed by atoms with E-state index in [4.69, 9.17) is 9.47 Å². The number of amides is 1. The Kier molecular flexibility index (Phi) is 6.96. The van der Waals surface area contributed by atoms with Gasteiger partial charge in [-0.15, -0.1) is 0 Å². The summed E-state index contributed by atoms with van der Waals surface area (Å²) in [5.74, 6) is 0.0389. The van der Waals surface area contributed by atoms with E-state index < -0.39 is 17.9 Å². The van der Waals surface area contributed by atoms with Crippen LogP contribution in [0.3, 0.4) is 0 Å². The summed E-state index contributed by atoms with van der Waals surface area (Å²) in [6, 6.07) is 29.3. The number of methoxy groups -OCH3 is 1. The van der Waals surface area contributed by atoms with Crippen LogP contribution in [-0.4, -0.2) is 49.2 Å². The molecule has 0 radical (unpaired) electrons. The van der Waals surface area contributed by atoms with Gasteiger partial charge in [-0.05, 0) is 34.9 Å². The number of likely N-dealkylation sites (tertiary alicyclic amines) is 1. The Morgan fingerprint density at radius 2 is 1.43 bits per heavy atom. The third kappa shape index (κ3) is 5.15. The van der Waals surface area contributed by atoms with Gasteiger partial charge in [-0.3, -0.25) is 4.79 Å². The Balaban J connectivity index is 1.31. The first kappa shape index (κ1) is 23.3. The van der Waals surface area contributed by atoms with Crippen LogP contribution in [0.5, 0.6) is 0 Å². The average molecular weight is 470 g/mol. The number of nitrogens with zero attached hydrogens (tertiary/aromatic N) is 1. The fourth-order valence-corrected chi connectivity index (χ4v) is 5.26. The van der Waals surface area contributed by atoms with Crippen LogP contribution in [-0.2, 0) is 19.1 Å². The van der Waals surface area contributed by atoms with Crippen molar-refractivity contribution < 1.29 is 19.1 Å². The molecule has 1 saturated heterocycles. The van der Waals surface area contributed by atoms with E-state index in [1.165, 1.54) is 12.7 Å². The zero-order valence-corrected chi connectivity index (χ0v) is 20.0. The Hall–Kier alpha value is -3.44. The molecule has 2 unspecified atom stereocenters. The summed E-state index contributed by atoms with van der Waals surface area (Å²) in [5, 5.41) is 0. The fraction of sp³-hybridized carbons (Fsp3) is 0.333. The van der Waals surface area contributed by atoms with E-state index in [2.05, 4.69) is 24.3 Å². The number of ether oxygens (including phenoxy) is 2. The lowest BCUT2D eigenvalue weighted by atomic mass is 9.90. The van der Waals surface area contributed by atoms with E-state index >= 15 is 0 Å². The molecule has 1 aliphatic carbocycles. The zero-order chi connectivity index (χ0) is 24.2. The van der Waals surface area contributed by atoms with Gasteiger partial charge >= 0.3 is 5.97 Å². The minimum atomic E-state index is -0.642. The lowest BCUT2D eigenvalue weighted by Crippen LogP contribution is -2.43. The van der Waals surface area contributed by atoms with Gasteiger partial charge in [0.1, 0.15) is 6.04 Å². The largest absolute Gasteiger partial charge is 0.467 e. The van der Waals surface area contributed by atoms with Gasteiger partial charge in [-0.1, -0.05) is 91.0 Å². The number of benzene rings is 3. The van der Waals surface area contributed by atoms with Crippen LogP contribution in [0.2, 0.25) is 0 Å². The van der Waals surface area contributed by atoms with Crippen molar-refractivity contribution in [3.63, 3.8) is 0 Å². The van der Waals surface area contributed by atoms with Crippen molar-refractivity contribution in [3.8, 4) is 0 Å². The van der Waals surface area contributed by atoms with Crippen LogP contribution in [0.15, 0.2) is 91.0 Å². The first-order chi connectivity index (χ1) is 17.2. The van der Waals surface area contributed by atoms with E-state index in [0.29, 0.717) is 31.4 Å². The number of hydrogen-bond donors (Lipinski definition) is 0. The Morgan fingerprint density at radius 1 is 0.857 bits per heavy atom. The second-order valence-electron chi connectivity index (χ2n) is 9.49. The van der Waals surface area contributed by atoms with E-state index in [1.54, 1.807) is 4.90 Å². The summed E-state index contributed by atoms with van der Waals surface area (Å²) >= 11 is 0. The van der Waals surface area contributed by atoms with Gasteiger partial charge in [0.2, 0.25) is 5.91 Å². The number of carbonyl (C=O) groups is 2. The molecule has 5 heteroatoms. The smallest absolute Gasteiger partial charge is 0.328 e. The van der Waals surface area contributed by atoms with E-state index in [-0.39, 0.29) is 12.0 Å². The van der Waals surface area contributed by atoms with E-state index in [0.717, 1.165) is 17.5 Å². The van der Waals surface area contributed by atoms with Gasteiger partial charge in [0.15, 0.2) is 0 Å². The SMILES string of the molecule is COC(=O)C1C[C@H](OC[C@@H]2CC2c2ccccc2)CN1C(=O)C(c1ccccc1)c1ccccc1. The van der Waals surface area contributed by atoms with Crippen LogP contribution in [0.1, 0.15) is 41.4 Å². The summed E-state index contributed by atoms with van der Waals surface area (Å²) < 4.78 is 11.4. The molecule has 0 spiro atoms. The van der Waals surface area contributed by atoms with E-state index in [9.17, 15) is 9.59 Å². The van der Waals surface area contributed by atoms with Crippen molar-refractivity contribution in [2.45, 2.75) is 36.8 Å².